The second-order valence-corrected chi connectivity index (χ2v) is 6.21. The Balaban J connectivity index is 1.97. The van der Waals surface area contributed by atoms with Crippen LogP contribution in [0.4, 0.5) is 5.13 Å². The van der Waals surface area contributed by atoms with Crippen LogP contribution in [0.5, 0.6) is 0 Å². The second-order valence-electron chi connectivity index (χ2n) is 5.18. The molecule has 2 rings (SSSR count). The number of anilines is 1. The van der Waals surface area contributed by atoms with Gasteiger partial charge in [-0.2, -0.15) is 0 Å². The van der Waals surface area contributed by atoms with E-state index in [-0.39, 0.29) is 10.9 Å². The zero-order valence-corrected chi connectivity index (χ0v) is 14.1. The SMILES string of the molecule is CC(O)C(O)C(CO)OC(O)Nc1ncc(C(=O)c2ccncc2)s1. The summed E-state index contributed by atoms with van der Waals surface area (Å²) < 4.78 is 5.04. The zero-order valence-electron chi connectivity index (χ0n) is 13.3. The van der Waals surface area contributed by atoms with Crippen LogP contribution in [0.15, 0.2) is 30.7 Å². The molecule has 10 heteroatoms. The van der Waals surface area contributed by atoms with Crippen LogP contribution in [0.2, 0.25) is 0 Å². The molecule has 0 aromatic carbocycles. The van der Waals surface area contributed by atoms with E-state index >= 15 is 0 Å². The molecule has 0 spiro atoms. The molecule has 25 heavy (non-hydrogen) atoms. The van der Waals surface area contributed by atoms with Crippen LogP contribution in [-0.4, -0.2) is 67.5 Å². The molecule has 2 aromatic heterocycles. The van der Waals surface area contributed by atoms with Crippen LogP contribution in [0.1, 0.15) is 22.2 Å². The highest BCUT2D eigenvalue weighted by atomic mass is 32.1. The largest absolute Gasteiger partial charge is 0.394 e. The van der Waals surface area contributed by atoms with Gasteiger partial charge in [0.25, 0.3) is 0 Å². The Kier molecular flexibility index (Phi) is 6.93. The van der Waals surface area contributed by atoms with Gasteiger partial charge in [-0.15, -0.1) is 0 Å². The summed E-state index contributed by atoms with van der Waals surface area (Å²) in [6.45, 7) is 0.725. The number of aromatic nitrogens is 2. The molecular formula is C15H19N3O6S. The van der Waals surface area contributed by atoms with E-state index in [2.05, 4.69) is 15.3 Å². The average molecular weight is 369 g/mol. The van der Waals surface area contributed by atoms with E-state index in [1.807, 2.05) is 0 Å². The van der Waals surface area contributed by atoms with E-state index in [0.717, 1.165) is 11.3 Å². The Bertz CT molecular complexity index is 681. The first-order chi connectivity index (χ1) is 11.9. The molecule has 136 valence electrons. The lowest BCUT2D eigenvalue weighted by molar-refractivity contribution is -0.177. The molecule has 4 unspecified atom stereocenters. The maximum atomic E-state index is 12.3. The number of nitrogens with one attached hydrogen (secondary N) is 1. The summed E-state index contributed by atoms with van der Waals surface area (Å²) in [6.07, 6.45) is -0.936. The lowest BCUT2D eigenvalue weighted by atomic mass is 10.1. The molecule has 0 radical (unpaired) electrons. The minimum absolute atomic E-state index is 0.216. The van der Waals surface area contributed by atoms with Gasteiger partial charge in [0.1, 0.15) is 12.2 Å². The third-order valence-electron chi connectivity index (χ3n) is 3.28. The number of aliphatic hydroxyl groups excluding tert-OH is 4. The number of ketones is 1. The molecule has 0 saturated carbocycles. The molecule has 0 aliphatic rings. The maximum absolute atomic E-state index is 12.3. The van der Waals surface area contributed by atoms with Crippen molar-refractivity contribution in [3.05, 3.63) is 41.2 Å². The van der Waals surface area contributed by atoms with Crippen molar-refractivity contribution < 1.29 is 30.0 Å². The molecular weight excluding hydrogens is 350 g/mol. The summed E-state index contributed by atoms with van der Waals surface area (Å²) in [5.41, 5.74) is 0.461. The Hall–Kier alpha value is -1.95. The minimum atomic E-state index is -1.60. The van der Waals surface area contributed by atoms with Gasteiger partial charge in [0, 0.05) is 18.0 Å². The Morgan fingerprint density at radius 2 is 2.00 bits per heavy atom. The number of hydrogen-bond acceptors (Lipinski definition) is 10. The smallest absolute Gasteiger partial charge is 0.237 e. The van der Waals surface area contributed by atoms with Crippen molar-refractivity contribution in [2.75, 3.05) is 11.9 Å². The van der Waals surface area contributed by atoms with Gasteiger partial charge in [0.05, 0.1) is 23.8 Å². The molecule has 5 N–H and O–H groups in total. The highest BCUT2D eigenvalue weighted by Gasteiger charge is 2.26. The van der Waals surface area contributed by atoms with Crippen LogP contribution in [-0.2, 0) is 4.74 Å². The quantitative estimate of drug-likeness (QED) is 0.294. The van der Waals surface area contributed by atoms with Crippen LogP contribution >= 0.6 is 11.3 Å². The topological polar surface area (TPSA) is 145 Å². The van der Waals surface area contributed by atoms with Gasteiger partial charge in [-0.05, 0) is 19.1 Å². The molecule has 0 aliphatic heterocycles. The maximum Gasteiger partial charge on any atom is 0.237 e. The fourth-order valence-corrected chi connectivity index (χ4v) is 2.73. The van der Waals surface area contributed by atoms with Gasteiger partial charge in [0.2, 0.25) is 12.2 Å². The van der Waals surface area contributed by atoms with E-state index < -0.39 is 31.3 Å². The van der Waals surface area contributed by atoms with Crippen molar-refractivity contribution in [2.45, 2.75) is 31.6 Å². The summed E-state index contributed by atoms with van der Waals surface area (Å²) in [7, 11) is 0. The van der Waals surface area contributed by atoms with E-state index in [4.69, 9.17) is 9.84 Å². The first-order valence-corrected chi connectivity index (χ1v) is 8.21. The molecule has 2 heterocycles. The number of nitrogens with zero attached hydrogens (tertiary/aromatic N) is 2. The van der Waals surface area contributed by atoms with Crippen molar-refractivity contribution in [3.8, 4) is 0 Å². The molecule has 0 amide bonds. The molecule has 0 fully saturated rings. The Labute approximate surface area is 147 Å². The van der Waals surface area contributed by atoms with Crippen molar-refractivity contribution in [2.24, 2.45) is 0 Å². The predicted octanol–water partition coefficient (Wildman–Crippen LogP) is -0.424. The standard InChI is InChI=1S/C15H19N3O6S/c1-8(20)12(21)10(7-19)24-15(23)18-14-17-6-11(25-14)13(22)9-2-4-16-5-3-9/h2-6,8,10,12,15,19-21,23H,7H2,1H3,(H,17,18). The van der Waals surface area contributed by atoms with E-state index in [1.54, 1.807) is 12.1 Å². The first kappa shape index (κ1) is 19.4. The lowest BCUT2D eigenvalue weighted by Crippen LogP contribution is -2.43. The molecule has 9 nitrogen and oxygen atoms in total. The summed E-state index contributed by atoms with van der Waals surface area (Å²) in [6, 6.07) is 3.16. The molecule has 4 atom stereocenters. The third-order valence-corrected chi connectivity index (χ3v) is 4.21. The minimum Gasteiger partial charge on any atom is -0.394 e. The van der Waals surface area contributed by atoms with Gasteiger partial charge in [-0.1, -0.05) is 11.3 Å². The van der Waals surface area contributed by atoms with Crippen LogP contribution < -0.4 is 5.32 Å². The number of thiazole rings is 1. The lowest BCUT2D eigenvalue weighted by Gasteiger charge is -2.25. The van der Waals surface area contributed by atoms with Gasteiger partial charge in [-0.25, -0.2) is 4.98 Å². The number of hydrogen-bond donors (Lipinski definition) is 5. The first-order valence-electron chi connectivity index (χ1n) is 7.40. The van der Waals surface area contributed by atoms with Gasteiger partial charge < -0.3 is 30.5 Å². The molecule has 0 aliphatic carbocycles. The number of aliphatic hydroxyl groups is 4. The summed E-state index contributed by atoms with van der Waals surface area (Å²) in [5.74, 6) is -0.235. The highest BCUT2D eigenvalue weighted by molar-refractivity contribution is 7.17. The van der Waals surface area contributed by atoms with E-state index in [9.17, 15) is 20.1 Å². The van der Waals surface area contributed by atoms with Crippen molar-refractivity contribution in [1.82, 2.24) is 9.97 Å². The van der Waals surface area contributed by atoms with E-state index in [1.165, 1.54) is 25.5 Å². The van der Waals surface area contributed by atoms with Crippen molar-refractivity contribution >= 4 is 22.3 Å². The fourth-order valence-electron chi connectivity index (χ4n) is 1.94. The fraction of sp³-hybridized carbons (Fsp3) is 0.400. The van der Waals surface area contributed by atoms with Crippen LogP contribution in [0.25, 0.3) is 0 Å². The predicted molar refractivity (Wildman–Crippen MR) is 89.1 cm³/mol. The number of ether oxygens (including phenoxy) is 1. The number of carbonyl (C=O) groups is 1. The summed E-state index contributed by atoms with van der Waals surface area (Å²) in [4.78, 5) is 20.4. The summed E-state index contributed by atoms with van der Waals surface area (Å²) >= 11 is 1.01. The molecule has 0 bridgehead atoms. The molecule has 2 aromatic rings. The second kappa shape index (κ2) is 8.94. The number of carbonyl (C=O) groups excluding carboxylic acids is 1. The van der Waals surface area contributed by atoms with Crippen molar-refractivity contribution in [1.29, 1.82) is 0 Å². The van der Waals surface area contributed by atoms with Crippen molar-refractivity contribution in [3.63, 3.8) is 0 Å². The molecule has 0 saturated heterocycles. The van der Waals surface area contributed by atoms with E-state index in [0.29, 0.717) is 10.4 Å². The third kappa shape index (κ3) is 5.26. The number of pyridine rings is 1. The van der Waals surface area contributed by atoms with Gasteiger partial charge in [0.15, 0.2) is 5.13 Å². The highest BCUT2D eigenvalue weighted by Crippen LogP contribution is 2.22. The van der Waals surface area contributed by atoms with Crippen LogP contribution in [0, 0.1) is 0 Å². The normalized spacial score (nSPS) is 16.0. The number of rotatable bonds is 9. The zero-order chi connectivity index (χ0) is 18.4. The average Bonchev–Trinajstić information content (AvgIpc) is 3.07. The Morgan fingerprint density at radius 1 is 1.32 bits per heavy atom. The monoisotopic (exact) mass is 369 g/mol. The van der Waals surface area contributed by atoms with Crippen LogP contribution in [0.3, 0.4) is 0 Å². The summed E-state index contributed by atoms with van der Waals surface area (Å²) in [5, 5.41) is 40.7. The van der Waals surface area contributed by atoms with Gasteiger partial charge >= 0.3 is 0 Å². The Morgan fingerprint density at radius 3 is 2.60 bits per heavy atom. The van der Waals surface area contributed by atoms with Gasteiger partial charge in [-0.3, -0.25) is 9.78 Å².